The summed E-state index contributed by atoms with van der Waals surface area (Å²) in [5.74, 6) is 0.687. The van der Waals surface area contributed by atoms with Gasteiger partial charge in [-0.05, 0) is 31.5 Å². The van der Waals surface area contributed by atoms with Crippen molar-refractivity contribution in [3.63, 3.8) is 0 Å². The van der Waals surface area contributed by atoms with Crippen molar-refractivity contribution in [2.75, 3.05) is 20.7 Å². The molecule has 0 fully saturated rings. The molecule has 0 bridgehead atoms. The van der Waals surface area contributed by atoms with Crippen LogP contribution in [0.15, 0.2) is 18.2 Å². The molecule has 0 aromatic heterocycles. The minimum absolute atomic E-state index is 0.0791. The van der Waals surface area contributed by atoms with Crippen molar-refractivity contribution in [1.82, 2.24) is 4.90 Å². The van der Waals surface area contributed by atoms with Crippen molar-refractivity contribution in [3.8, 4) is 5.75 Å². The molecule has 1 atom stereocenters. The maximum absolute atomic E-state index is 11.4. The lowest BCUT2D eigenvalue weighted by molar-refractivity contribution is -0.128. The number of hydrogen-bond donors (Lipinski definition) is 1. The van der Waals surface area contributed by atoms with Gasteiger partial charge in [-0.1, -0.05) is 11.6 Å². The van der Waals surface area contributed by atoms with Crippen molar-refractivity contribution in [2.45, 2.75) is 25.9 Å². The van der Waals surface area contributed by atoms with Crippen molar-refractivity contribution in [1.29, 1.82) is 0 Å². The lowest BCUT2D eigenvalue weighted by Gasteiger charge is -2.14. The fourth-order valence-electron chi connectivity index (χ4n) is 1.61. The summed E-state index contributed by atoms with van der Waals surface area (Å²) in [6.07, 6.45) is 0.445. The van der Waals surface area contributed by atoms with Crippen LogP contribution in [-0.2, 0) is 4.79 Å². The molecule has 1 rings (SSSR count). The average molecular weight is 286 g/mol. The number of amides is 1. The molecule has 0 radical (unpaired) electrons. The van der Waals surface area contributed by atoms with Crippen LogP contribution in [0.2, 0.25) is 5.02 Å². The number of aliphatic hydroxyl groups excluding tert-OH is 1. The number of halogens is 1. The van der Waals surface area contributed by atoms with E-state index in [1.54, 1.807) is 44.1 Å². The SMILES string of the molecule is CC(O)c1cc(Cl)ccc1OCCCC(=O)N(C)C. The van der Waals surface area contributed by atoms with Gasteiger partial charge in [-0.2, -0.15) is 0 Å². The molecule has 1 amide bonds. The third kappa shape index (κ3) is 5.09. The van der Waals surface area contributed by atoms with E-state index in [0.717, 1.165) is 0 Å². The predicted molar refractivity (Wildman–Crippen MR) is 75.5 cm³/mol. The first-order valence-corrected chi connectivity index (χ1v) is 6.60. The van der Waals surface area contributed by atoms with E-state index in [4.69, 9.17) is 16.3 Å². The van der Waals surface area contributed by atoms with Crippen molar-refractivity contribution in [2.24, 2.45) is 0 Å². The van der Waals surface area contributed by atoms with Crippen LogP contribution in [0.25, 0.3) is 0 Å². The predicted octanol–water partition coefficient (Wildman–Crippen LogP) is 2.64. The van der Waals surface area contributed by atoms with E-state index in [0.29, 0.717) is 35.8 Å². The zero-order valence-corrected chi connectivity index (χ0v) is 12.3. The molecule has 0 aliphatic carbocycles. The number of benzene rings is 1. The molecule has 0 spiro atoms. The van der Waals surface area contributed by atoms with Gasteiger partial charge < -0.3 is 14.7 Å². The van der Waals surface area contributed by atoms with Crippen LogP contribution < -0.4 is 4.74 Å². The summed E-state index contributed by atoms with van der Waals surface area (Å²) < 4.78 is 5.59. The van der Waals surface area contributed by atoms with Gasteiger partial charge in [0.05, 0.1) is 12.7 Å². The zero-order chi connectivity index (χ0) is 14.4. The Morgan fingerprint density at radius 1 is 1.47 bits per heavy atom. The molecule has 0 aliphatic rings. The summed E-state index contributed by atoms with van der Waals surface area (Å²) in [6.45, 7) is 2.09. The summed E-state index contributed by atoms with van der Waals surface area (Å²) in [6, 6.07) is 5.14. The number of carbonyl (C=O) groups is 1. The Morgan fingerprint density at radius 2 is 2.16 bits per heavy atom. The van der Waals surface area contributed by atoms with Crippen LogP contribution in [0, 0.1) is 0 Å². The van der Waals surface area contributed by atoms with E-state index < -0.39 is 6.10 Å². The molecule has 1 N–H and O–H groups in total. The third-order valence-electron chi connectivity index (χ3n) is 2.71. The minimum Gasteiger partial charge on any atom is -0.493 e. The summed E-state index contributed by atoms with van der Waals surface area (Å²) >= 11 is 5.88. The van der Waals surface area contributed by atoms with Crippen molar-refractivity contribution in [3.05, 3.63) is 28.8 Å². The van der Waals surface area contributed by atoms with E-state index in [1.807, 2.05) is 0 Å². The van der Waals surface area contributed by atoms with Crippen LogP contribution in [0.5, 0.6) is 5.75 Å². The highest BCUT2D eigenvalue weighted by Crippen LogP contribution is 2.28. The highest BCUT2D eigenvalue weighted by molar-refractivity contribution is 6.30. The Kier molecular flexibility index (Phi) is 6.12. The Balaban J connectivity index is 2.52. The molecule has 1 aromatic carbocycles. The highest BCUT2D eigenvalue weighted by atomic mass is 35.5. The number of carbonyl (C=O) groups excluding carboxylic acids is 1. The first-order valence-electron chi connectivity index (χ1n) is 6.22. The maximum Gasteiger partial charge on any atom is 0.222 e. The molecule has 1 unspecified atom stereocenters. The summed E-state index contributed by atoms with van der Waals surface area (Å²) in [4.78, 5) is 12.9. The molecule has 19 heavy (non-hydrogen) atoms. The van der Waals surface area contributed by atoms with E-state index in [1.165, 1.54) is 0 Å². The maximum atomic E-state index is 11.4. The zero-order valence-electron chi connectivity index (χ0n) is 11.5. The Bertz CT molecular complexity index is 433. The van der Waals surface area contributed by atoms with Crippen LogP contribution in [0.3, 0.4) is 0 Å². The minimum atomic E-state index is -0.642. The van der Waals surface area contributed by atoms with Crippen molar-refractivity contribution >= 4 is 17.5 Å². The molecule has 106 valence electrons. The Hall–Kier alpha value is -1.26. The summed E-state index contributed by atoms with van der Waals surface area (Å²) in [5, 5.41) is 10.2. The van der Waals surface area contributed by atoms with Crippen LogP contribution in [0.4, 0.5) is 0 Å². The Morgan fingerprint density at radius 3 is 2.74 bits per heavy atom. The van der Waals surface area contributed by atoms with Gasteiger partial charge in [-0.25, -0.2) is 0 Å². The van der Waals surface area contributed by atoms with Gasteiger partial charge in [-0.3, -0.25) is 4.79 Å². The second-order valence-corrected chi connectivity index (χ2v) is 5.03. The van der Waals surface area contributed by atoms with Crippen LogP contribution in [0.1, 0.15) is 31.4 Å². The molecule has 0 saturated carbocycles. The number of aliphatic hydroxyl groups is 1. The van der Waals surface area contributed by atoms with E-state index in [-0.39, 0.29) is 5.91 Å². The number of nitrogens with zero attached hydrogens (tertiary/aromatic N) is 1. The molecule has 0 saturated heterocycles. The lowest BCUT2D eigenvalue weighted by atomic mass is 10.1. The normalized spacial score (nSPS) is 12.1. The monoisotopic (exact) mass is 285 g/mol. The fraction of sp³-hybridized carbons (Fsp3) is 0.500. The molecule has 1 aromatic rings. The quantitative estimate of drug-likeness (QED) is 0.818. The summed E-state index contributed by atoms with van der Waals surface area (Å²) in [7, 11) is 3.46. The standard InChI is InChI=1S/C14H20ClNO3/c1-10(17)12-9-11(15)6-7-13(12)19-8-4-5-14(18)16(2)3/h6-7,9-10,17H,4-5,8H2,1-3H3. The van der Waals surface area contributed by atoms with E-state index in [9.17, 15) is 9.90 Å². The highest BCUT2D eigenvalue weighted by Gasteiger charge is 2.10. The van der Waals surface area contributed by atoms with Crippen molar-refractivity contribution < 1.29 is 14.6 Å². The summed E-state index contributed by atoms with van der Waals surface area (Å²) in [5.41, 5.74) is 0.659. The second kappa shape index (κ2) is 7.36. The number of hydrogen-bond acceptors (Lipinski definition) is 3. The molecular formula is C14H20ClNO3. The van der Waals surface area contributed by atoms with Crippen LogP contribution >= 0.6 is 11.6 Å². The van der Waals surface area contributed by atoms with E-state index >= 15 is 0 Å². The van der Waals surface area contributed by atoms with Gasteiger partial charge in [-0.15, -0.1) is 0 Å². The second-order valence-electron chi connectivity index (χ2n) is 4.60. The first kappa shape index (κ1) is 15.8. The molecule has 4 nitrogen and oxygen atoms in total. The van der Waals surface area contributed by atoms with Gasteiger partial charge >= 0.3 is 0 Å². The topological polar surface area (TPSA) is 49.8 Å². The smallest absolute Gasteiger partial charge is 0.222 e. The van der Waals surface area contributed by atoms with Gasteiger partial charge in [0, 0.05) is 31.1 Å². The lowest BCUT2D eigenvalue weighted by Crippen LogP contribution is -2.21. The third-order valence-corrected chi connectivity index (χ3v) is 2.95. The number of ether oxygens (including phenoxy) is 1. The average Bonchev–Trinajstić information content (AvgIpc) is 2.35. The van der Waals surface area contributed by atoms with Gasteiger partial charge in [0.15, 0.2) is 0 Å². The van der Waals surface area contributed by atoms with Gasteiger partial charge in [0.25, 0.3) is 0 Å². The fourth-order valence-corrected chi connectivity index (χ4v) is 1.79. The van der Waals surface area contributed by atoms with Crippen LogP contribution in [-0.4, -0.2) is 36.6 Å². The molecular weight excluding hydrogens is 266 g/mol. The first-order chi connectivity index (χ1) is 8.91. The number of rotatable bonds is 6. The largest absolute Gasteiger partial charge is 0.493 e. The molecule has 0 aliphatic heterocycles. The van der Waals surface area contributed by atoms with Gasteiger partial charge in [0.2, 0.25) is 5.91 Å². The van der Waals surface area contributed by atoms with E-state index in [2.05, 4.69) is 0 Å². The Labute approximate surface area is 118 Å². The molecule has 5 heteroatoms. The van der Waals surface area contributed by atoms with Gasteiger partial charge in [0.1, 0.15) is 5.75 Å². The molecule has 0 heterocycles.